The van der Waals surface area contributed by atoms with Crippen LogP contribution in [0.1, 0.15) is 41.5 Å². The number of hydrogen-bond acceptors (Lipinski definition) is 2. The lowest BCUT2D eigenvalue weighted by Gasteiger charge is -2.07. The third-order valence-electron chi connectivity index (χ3n) is 1.08. The lowest BCUT2D eigenvalue weighted by atomic mass is 10.4. The highest BCUT2D eigenvalue weighted by Gasteiger charge is 1.93. The van der Waals surface area contributed by atoms with E-state index in [1.54, 1.807) is 7.11 Å². The minimum atomic E-state index is 0.343. The Hall–Kier alpha value is -0.0800. The van der Waals surface area contributed by atoms with Crippen LogP contribution in [0.15, 0.2) is 0 Å². The van der Waals surface area contributed by atoms with E-state index in [0.29, 0.717) is 6.10 Å². The normalized spacial score (nSPS) is 10.2. The molecule has 78 valence electrons. The minimum absolute atomic E-state index is 0.343. The van der Waals surface area contributed by atoms with Gasteiger partial charge in [-0.25, -0.2) is 0 Å². The molecule has 0 saturated carbocycles. The van der Waals surface area contributed by atoms with Crippen molar-refractivity contribution >= 4 is 0 Å². The molecule has 2 heteroatoms. The molecule has 0 saturated heterocycles. The zero-order valence-corrected chi connectivity index (χ0v) is 9.90. The SMILES string of the molecule is CC.CC.CCNCC(C)OC. The summed E-state index contributed by atoms with van der Waals surface area (Å²) < 4.78 is 4.99. The van der Waals surface area contributed by atoms with Crippen molar-refractivity contribution in [1.29, 1.82) is 0 Å². The van der Waals surface area contributed by atoms with E-state index in [9.17, 15) is 0 Å². The van der Waals surface area contributed by atoms with E-state index in [4.69, 9.17) is 4.74 Å². The van der Waals surface area contributed by atoms with E-state index in [1.807, 2.05) is 34.6 Å². The molecule has 0 aromatic heterocycles. The first-order chi connectivity index (χ1) is 5.81. The Kier molecular flexibility index (Phi) is 33.4. The molecular weight excluding hydrogens is 150 g/mol. The fraction of sp³-hybridized carbons (Fsp3) is 1.00. The highest BCUT2D eigenvalue weighted by Crippen LogP contribution is 1.81. The van der Waals surface area contributed by atoms with Crippen LogP contribution >= 0.6 is 0 Å². The van der Waals surface area contributed by atoms with Gasteiger partial charge in [-0.2, -0.15) is 0 Å². The van der Waals surface area contributed by atoms with Crippen LogP contribution in [-0.4, -0.2) is 26.3 Å². The highest BCUT2D eigenvalue weighted by atomic mass is 16.5. The van der Waals surface area contributed by atoms with Crippen LogP contribution in [0.2, 0.25) is 0 Å². The van der Waals surface area contributed by atoms with Gasteiger partial charge in [-0.3, -0.25) is 0 Å². The topological polar surface area (TPSA) is 21.3 Å². The molecule has 0 aliphatic heterocycles. The molecule has 0 fully saturated rings. The molecule has 2 nitrogen and oxygen atoms in total. The monoisotopic (exact) mass is 177 g/mol. The van der Waals surface area contributed by atoms with Gasteiger partial charge in [0.15, 0.2) is 0 Å². The van der Waals surface area contributed by atoms with Gasteiger partial charge in [0.1, 0.15) is 0 Å². The van der Waals surface area contributed by atoms with E-state index >= 15 is 0 Å². The summed E-state index contributed by atoms with van der Waals surface area (Å²) in [4.78, 5) is 0. The van der Waals surface area contributed by atoms with Crippen molar-refractivity contribution in [3.63, 3.8) is 0 Å². The summed E-state index contributed by atoms with van der Waals surface area (Å²) >= 11 is 0. The predicted octanol–water partition coefficient (Wildman–Crippen LogP) is 2.68. The summed E-state index contributed by atoms with van der Waals surface area (Å²) in [5.41, 5.74) is 0. The summed E-state index contributed by atoms with van der Waals surface area (Å²) in [5.74, 6) is 0. The first-order valence-corrected chi connectivity index (χ1v) is 5.04. The van der Waals surface area contributed by atoms with E-state index in [1.165, 1.54) is 0 Å². The summed E-state index contributed by atoms with van der Waals surface area (Å²) in [6.45, 7) is 14.1. The summed E-state index contributed by atoms with van der Waals surface area (Å²) in [5, 5.41) is 3.17. The van der Waals surface area contributed by atoms with Gasteiger partial charge in [0.25, 0.3) is 0 Å². The van der Waals surface area contributed by atoms with Crippen LogP contribution in [-0.2, 0) is 4.74 Å². The molecule has 1 N–H and O–H groups in total. The van der Waals surface area contributed by atoms with Crippen LogP contribution in [0.3, 0.4) is 0 Å². The first kappa shape index (κ1) is 17.9. The molecule has 0 amide bonds. The largest absolute Gasteiger partial charge is 0.380 e. The molecular formula is C10H27NO. The third kappa shape index (κ3) is 22.5. The second-order valence-corrected chi connectivity index (χ2v) is 1.85. The highest BCUT2D eigenvalue weighted by molar-refractivity contribution is 4.50. The fourth-order valence-electron chi connectivity index (χ4n) is 0.431. The Morgan fingerprint density at radius 1 is 1.17 bits per heavy atom. The Bertz CT molecular complexity index is 49.1. The van der Waals surface area contributed by atoms with E-state index in [2.05, 4.69) is 12.2 Å². The first-order valence-electron chi connectivity index (χ1n) is 5.04. The van der Waals surface area contributed by atoms with Gasteiger partial charge in [-0.05, 0) is 13.5 Å². The Labute approximate surface area is 78.7 Å². The average molecular weight is 177 g/mol. The maximum absolute atomic E-state index is 4.99. The molecule has 0 bridgehead atoms. The number of nitrogens with one attached hydrogen (secondary N) is 1. The molecule has 0 heterocycles. The van der Waals surface area contributed by atoms with Crippen molar-refractivity contribution in [2.75, 3.05) is 20.2 Å². The van der Waals surface area contributed by atoms with Gasteiger partial charge in [0.05, 0.1) is 6.10 Å². The molecule has 0 spiro atoms. The van der Waals surface area contributed by atoms with Gasteiger partial charge in [0.2, 0.25) is 0 Å². The molecule has 0 aliphatic rings. The van der Waals surface area contributed by atoms with Gasteiger partial charge in [-0.15, -0.1) is 0 Å². The number of ether oxygens (including phenoxy) is 1. The standard InChI is InChI=1S/C6H15NO.2C2H6/c1-4-7-5-6(2)8-3;2*1-2/h6-7H,4-5H2,1-3H3;2*1-2H3. The Morgan fingerprint density at radius 3 is 1.83 bits per heavy atom. The fourth-order valence-corrected chi connectivity index (χ4v) is 0.431. The molecule has 0 aromatic carbocycles. The van der Waals surface area contributed by atoms with Crippen molar-refractivity contribution in [3.8, 4) is 0 Å². The van der Waals surface area contributed by atoms with Crippen LogP contribution in [0.4, 0.5) is 0 Å². The summed E-state index contributed by atoms with van der Waals surface area (Å²) in [7, 11) is 1.72. The molecule has 0 aliphatic carbocycles. The van der Waals surface area contributed by atoms with Crippen LogP contribution in [0.5, 0.6) is 0 Å². The van der Waals surface area contributed by atoms with Crippen molar-refractivity contribution in [2.24, 2.45) is 0 Å². The third-order valence-corrected chi connectivity index (χ3v) is 1.08. The average Bonchev–Trinajstić information content (AvgIpc) is 2.20. The summed E-state index contributed by atoms with van der Waals surface area (Å²) in [6, 6.07) is 0. The zero-order chi connectivity index (χ0) is 10.4. The predicted molar refractivity (Wildman–Crippen MR) is 57.7 cm³/mol. The van der Waals surface area contributed by atoms with Crippen molar-refractivity contribution in [1.82, 2.24) is 5.32 Å². The number of methoxy groups -OCH3 is 1. The van der Waals surface area contributed by atoms with Crippen molar-refractivity contribution in [3.05, 3.63) is 0 Å². The molecule has 1 unspecified atom stereocenters. The summed E-state index contributed by atoms with van der Waals surface area (Å²) in [6.07, 6.45) is 0.343. The van der Waals surface area contributed by atoms with E-state index in [0.717, 1.165) is 13.1 Å². The Morgan fingerprint density at radius 2 is 1.58 bits per heavy atom. The van der Waals surface area contributed by atoms with E-state index < -0.39 is 0 Å². The van der Waals surface area contributed by atoms with Gasteiger partial charge < -0.3 is 10.1 Å². The second kappa shape index (κ2) is 22.4. The Balaban J connectivity index is -0.000000175. The lowest BCUT2D eigenvalue weighted by Crippen LogP contribution is -2.25. The zero-order valence-electron chi connectivity index (χ0n) is 9.90. The number of likely N-dealkylation sites (N-methyl/N-ethyl adjacent to an activating group) is 1. The van der Waals surface area contributed by atoms with Gasteiger partial charge in [-0.1, -0.05) is 34.6 Å². The van der Waals surface area contributed by atoms with Crippen LogP contribution in [0.25, 0.3) is 0 Å². The molecule has 0 rings (SSSR count). The lowest BCUT2D eigenvalue weighted by molar-refractivity contribution is 0.118. The quantitative estimate of drug-likeness (QED) is 0.713. The van der Waals surface area contributed by atoms with Gasteiger partial charge in [0, 0.05) is 13.7 Å². The van der Waals surface area contributed by atoms with E-state index in [-0.39, 0.29) is 0 Å². The van der Waals surface area contributed by atoms with Crippen molar-refractivity contribution < 1.29 is 4.74 Å². The molecule has 1 atom stereocenters. The van der Waals surface area contributed by atoms with Gasteiger partial charge >= 0.3 is 0 Å². The smallest absolute Gasteiger partial charge is 0.0667 e. The minimum Gasteiger partial charge on any atom is -0.380 e. The van der Waals surface area contributed by atoms with Crippen LogP contribution < -0.4 is 5.32 Å². The maximum atomic E-state index is 4.99. The maximum Gasteiger partial charge on any atom is 0.0667 e. The number of hydrogen-bond donors (Lipinski definition) is 1. The molecule has 12 heavy (non-hydrogen) atoms. The molecule has 0 radical (unpaired) electrons. The molecule has 0 aromatic rings. The number of rotatable bonds is 4. The van der Waals surface area contributed by atoms with Crippen LogP contribution in [0, 0.1) is 0 Å². The van der Waals surface area contributed by atoms with Crippen molar-refractivity contribution in [2.45, 2.75) is 47.6 Å². The second-order valence-electron chi connectivity index (χ2n) is 1.85.